The van der Waals surface area contributed by atoms with Gasteiger partial charge in [0.05, 0.1) is 5.96 Å². The zero-order valence-electron chi connectivity index (χ0n) is 22.8. The van der Waals surface area contributed by atoms with Gasteiger partial charge in [0.15, 0.2) is 0 Å². The Balaban J connectivity index is -0.000000244. The van der Waals surface area contributed by atoms with Gasteiger partial charge in [-0.05, 0) is 203 Å². The summed E-state index contributed by atoms with van der Waals surface area (Å²) in [5.41, 5.74) is 3.59. The van der Waals surface area contributed by atoms with Crippen molar-refractivity contribution in [2.75, 3.05) is 11.7 Å². The maximum absolute atomic E-state index is 11.4. The molecule has 0 bridgehead atoms. The molecule has 2 atom stereocenters. The van der Waals surface area contributed by atoms with Gasteiger partial charge >= 0.3 is 0 Å². The van der Waals surface area contributed by atoms with Gasteiger partial charge in [0, 0.05) is 11.7 Å². The summed E-state index contributed by atoms with van der Waals surface area (Å²) in [5.74, 6) is 83.3. The van der Waals surface area contributed by atoms with Gasteiger partial charge in [-0.15, -0.1) is 6.42 Å². The molecule has 0 radical (unpaired) electrons. The first-order valence-corrected chi connectivity index (χ1v) is 14.7. The van der Waals surface area contributed by atoms with Crippen molar-refractivity contribution in [3.63, 3.8) is 0 Å². The number of hydrogen-bond acceptors (Lipinski definition) is 3. The molecule has 0 aromatic rings. The van der Waals surface area contributed by atoms with Crippen molar-refractivity contribution < 1.29 is 4.48 Å². The van der Waals surface area contributed by atoms with Crippen molar-refractivity contribution in [2.45, 2.75) is 22.3 Å². The van der Waals surface area contributed by atoms with Crippen LogP contribution in [-0.2, 0) is 0 Å². The summed E-state index contributed by atoms with van der Waals surface area (Å²) in [6.45, 7) is 0. The van der Waals surface area contributed by atoms with Gasteiger partial charge in [-0.25, -0.2) is 0 Å². The fourth-order valence-electron chi connectivity index (χ4n) is 1.24. The molecule has 48 heavy (non-hydrogen) atoms. The van der Waals surface area contributed by atoms with Gasteiger partial charge in [-0.3, -0.25) is 0 Å². The van der Waals surface area contributed by atoms with Crippen LogP contribution in [0.4, 0.5) is 4.48 Å². The first kappa shape index (κ1) is 50.8. The molecule has 0 aromatic carbocycles. The molecular formula is C42H22FNP2S2. The average molecular weight is 686 g/mol. The molecule has 0 amide bonds. The Labute approximate surface area is 303 Å². The van der Waals surface area contributed by atoms with E-state index in [1.807, 2.05) is 0 Å². The molecule has 0 heterocycles. The zero-order chi connectivity index (χ0) is 33.0. The van der Waals surface area contributed by atoms with Crippen LogP contribution in [-0.4, -0.2) is 17.6 Å². The highest BCUT2D eigenvalue weighted by Crippen LogP contribution is 2.06. The van der Waals surface area contributed by atoms with E-state index in [9.17, 15) is 4.48 Å². The molecule has 0 fully saturated rings. The van der Waals surface area contributed by atoms with E-state index in [4.69, 9.17) is 6.42 Å². The van der Waals surface area contributed by atoms with E-state index in [1.165, 1.54) is 5.96 Å². The molecule has 0 aliphatic carbocycles. The molecule has 0 aliphatic heterocycles. The van der Waals surface area contributed by atoms with Gasteiger partial charge in [-0.1, -0.05) is 64.8 Å². The van der Waals surface area contributed by atoms with E-state index in [-0.39, 0.29) is 30.9 Å². The number of halogens is 1. The number of hydrogen-bond donors (Lipinski definition) is 2. The largest absolute Gasteiger partial charge is 0.174 e. The van der Waals surface area contributed by atoms with Crippen molar-refractivity contribution in [1.29, 1.82) is 0 Å². The van der Waals surface area contributed by atoms with E-state index >= 15 is 0 Å². The first-order chi connectivity index (χ1) is 22.3. The summed E-state index contributed by atoms with van der Waals surface area (Å²) < 4.78 is 11.4. The lowest BCUT2D eigenvalue weighted by atomic mass is 10.5. The van der Waals surface area contributed by atoms with Crippen LogP contribution in [0.1, 0.15) is 22.3 Å². The third-order valence-electron chi connectivity index (χ3n) is 2.59. The normalized spacial score (nSPS) is 5.29. The minimum atomic E-state index is 0. The van der Waals surface area contributed by atoms with Crippen molar-refractivity contribution in [2.24, 2.45) is 5.21 Å². The molecule has 0 spiro atoms. The second kappa shape index (κ2) is 52.9. The fraction of sp³-hybridized carbons (Fsp3) is 0.119. The third kappa shape index (κ3) is 55.2. The van der Waals surface area contributed by atoms with Crippen LogP contribution >= 0.6 is 42.4 Å². The molecule has 2 unspecified atom stereocenters. The lowest BCUT2D eigenvalue weighted by Gasteiger charge is -1.76. The second-order valence-electron chi connectivity index (χ2n) is 5.38. The van der Waals surface area contributed by atoms with Crippen LogP contribution < -0.4 is 0 Å². The smallest absolute Gasteiger partial charge is 0.0583 e. The Bertz CT molecular complexity index is 2270. The molecule has 0 saturated heterocycles. The highest BCUT2D eigenvalue weighted by atomic mass is 32.1. The number of rotatable bonds is 3. The molecule has 0 saturated carbocycles. The summed E-state index contributed by atoms with van der Waals surface area (Å²) in [5, 5.41) is 4.68. The Morgan fingerprint density at radius 2 is 0.812 bits per heavy atom. The third-order valence-corrected chi connectivity index (χ3v) is 4.30. The summed E-state index contributed by atoms with van der Waals surface area (Å²) >= 11 is 7.68. The molecule has 0 N–H and O–H groups in total. The van der Waals surface area contributed by atoms with Crippen LogP contribution in [0.2, 0.25) is 0 Å². The lowest BCUT2D eigenvalue weighted by molar-refractivity contribution is 0.543. The van der Waals surface area contributed by atoms with Crippen molar-refractivity contribution >= 4 is 48.4 Å². The average Bonchev–Trinajstić information content (AvgIpc) is 3.05. The standard InChI is InChI=1S/C20H5FNPS.C19H5PS.3CH4/c21-22-20-23-18-16-14-12-10-8-6-4-2-1-3-5-7-9-11-13-15-17-19-24;1-2-3-4-5-6-7-8-9-10-11-12-13-14-15-16-17-18-20-19-21;;;/h20,23-24H,18H2;1,20-21H,19H2;3*1H4. The van der Waals surface area contributed by atoms with Crippen LogP contribution in [0, 0.1) is 213 Å². The Kier molecular flexibility index (Phi) is 56.0. The van der Waals surface area contributed by atoms with Crippen LogP contribution in [0.15, 0.2) is 5.21 Å². The maximum Gasteiger partial charge on any atom is 0.0583 e. The summed E-state index contributed by atoms with van der Waals surface area (Å²) in [4.78, 5) is 0. The quantitative estimate of drug-likeness (QED) is 0.142. The molecule has 0 aliphatic rings. The van der Waals surface area contributed by atoms with Gasteiger partial charge in [-0.2, -0.15) is 12.6 Å². The van der Waals surface area contributed by atoms with Crippen molar-refractivity contribution in [1.82, 2.24) is 0 Å². The van der Waals surface area contributed by atoms with E-state index in [2.05, 4.69) is 237 Å². The van der Waals surface area contributed by atoms with E-state index in [0.29, 0.717) is 14.7 Å². The molecule has 0 rings (SSSR count). The maximum atomic E-state index is 11.4. The SMILES string of the molecule is C.C.C.C#CC#CC#CC#CC#CC#CC#CC#CC#CPCS.FN=CPCC#CC#CC#CC#CC#CC#CC#CC#CC#CS. The molecule has 224 valence electrons. The lowest BCUT2D eigenvalue weighted by Crippen LogP contribution is -1.65. The Morgan fingerprint density at radius 3 is 1.12 bits per heavy atom. The second-order valence-corrected chi connectivity index (χ2v) is 8.49. The Morgan fingerprint density at radius 1 is 0.500 bits per heavy atom. The summed E-state index contributed by atoms with van der Waals surface area (Å²) in [6.07, 6.45) is 5.42. The predicted octanol–water partition coefficient (Wildman–Crippen LogP) is 4.57. The van der Waals surface area contributed by atoms with E-state index in [0.717, 1.165) is 5.49 Å². The minimum Gasteiger partial charge on any atom is -0.174 e. The number of thiol groups is 2. The summed E-state index contributed by atoms with van der Waals surface area (Å²) in [6, 6.07) is 0. The minimum absolute atomic E-state index is 0. The monoisotopic (exact) mass is 685 g/mol. The summed E-state index contributed by atoms with van der Waals surface area (Å²) in [7, 11) is 0.721. The van der Waals surface area contributed by atoms with E-state index in [1.54, 1.807) is 0 Å². The van der Waals surface area contributed by atoms with Crippen LogP contribution in [0.25, 0.3) is 0 Å². The van der Waals surface area contributed by atoms with Crippen LogP contribution in [0.3, 0.4) is 0 Å². The Hall–Kier alpha value is -6.76. The number of nitrogens with zero attached hydrogens (tertiary/aromatic N) is 1. The first-order valence-electron chi connectivity index (χ1n) is 11.1. The highest BCUT2D eigenvalue weighted by Gasteiger charge is 1.73. The van der Waals surface area contributed by atoms with E-state index < -0.39 is 0 Å². The van der Waals surface area contributed by atoms with Crippen molar-refractivity contribution in [3.8, 4) is 213 Å². The predicted molar refractivity (Wildman–Crippen MR) is 215 cm³/mol. The van der Waals surface area contributed by atoms with Crippen LogP contribution in [0.5, 0.6) is 0 Å². The topological polar surface area (TPSA) is 12.4 Å². The van der Waals surface area contributed by atoms with Gasteiger partial charge in [0.2, 0.25) is 0 Å². The molecule has 6 heteroatoms. The zero-order valence-corrected chi connectivity index (χ0v) is 26.6. The number of terminal acetylenes is 1. The van der Waals surface area contributed by atoms with Gasteiger partial charge < -0.3 is 0 Å². The highest BCUT2D eigenvalue weighted by molar-refractivity contribution is 7.87. The molecule has 1 nitrogen and oxygen atoms in total. The van der Waals surface area contributed by atoms with Gasteiger partial charge in [0.1, 0.15) is 0 Å². The fourth-order valence-corrected chi connectivity index (χ4v) is 2.12. The molecule has 0 aromatic heterocycles. The molecular weight excluding hydrogens is 664 g/mol. The van der Waals surface area contributed by atoms with Crippen molar-refractivity contribution in [3.05, 3.63) is 0 Å². The van der Waals surface area contributed by atoms with Gasteiger partial charge in [0.25, 0.3) is 0 Å².